The molecule has 0 fully saturated rings. The lowest BCUT2D eigenvalue weighted by atomic mass is 10.0. The van der Waals surface area contributed by atoms with Crippen molar-refractivity contribution in [2.75, 3.05) is 5.32 Å². The molecule has 0 bridgehead atoms. The Kier molecular flexibility index (Phi) is 4.85. The Bertz CT molecular complexity index is 1150. The fraction of sp³-hybridized carbons (Fsp3) is 0.0476. The zero-order valence-electron chi connectivity index (χ0n) is 15.4. The number of imide groups is 1. The first-order chi connectivity index (χ1) is 14.4. The molecule has 1 aliphatic rings. The van der Waals surface area contributed by atoms with Gasteiger partial charge in [-0.15, -0.1) is 0 Å². The van der Waals surface area contributed by atoms with Crippen molar-refractivity contribution in [1.82, 2.24) is 4.90 Å². The normalized spacial score (nSPS) is 13.8. The third-order valence-electron chi connectivity index (χ3n) is 4.54. The maximum absolute atomic E-state index is 13.2. The Morgan fingerprint density at radius 1 is 1.00 bits per heavy atom. The van der Waals surface area contributed by atoms with Crippen LogP contribution in [0.2, 0.25) is 0 Å². The SMILES string of the molecule is O=C1C(Nc2ccc(F)cc2)=C(c2ccc([N+](=O)[O-])cc2)C(=O)N1Cc1ccco1. The number of amides is 2. The summed E-state index contributed by atoms with van der Waals surface area (Å²) in [4.78, 5) is 37.5. The first-order valence-electron chi connectivity index (χ1n) is 8.84. The van der Waals surface area contributed by atoms with Gasteiger partial charge in [-0.2, -0.15) is 0 Å². The fourth-order valence-corrected chi connectivity index (χ4v) is 3.09. The number of halogens is 1. The summed E-state index contributed by atoms with van der Waals surface area (Å²) in [6, 6.07) is 13.9. The Hall–Kier alpha value is -4.27. The molecular weight excluding hydrogens is 393 g/mol. The molecule has 0 atom stereocenters. The van der Waals surface area contributed by atoms with E-state index in [4.69, 9.17) is 4.42 Å². The summed E-state index contributed by atoms with van der Waals surface area (Å²) in [6.07, 6.45) is 1.43. The quantitative estimate of drug-likeness (QED) is 0.379. The molecule has 150 valence electrons. The van der Waals surface area contributed by atoms with Crippen LogP contribution in [0.1, 0.15) is 11.3 Å². The molecule has 0 aliphatic carbocycles. The van der Waals surface area contributed by atoms with Crippen molar-refractivity contribution in [3.05, 3.63) is 99.9 Å². The first kappa shape index (κ1) is 19.1. The van der Waals surface area contributed by atoms with Crippen LogP contribution in [0.4, 0.5) is 15.8 Å². The number of nitro groups is 1. The minimum atomic E-state index is -0.589. The third kappa shape index (κ3) is 3.55. The van der Waals surface area contributed by atoms with Gasteiger partial charge in [-0.25, -0.2) is 4.39 Å². The number of rotatable bonds is 6. The summed E-state index contributed by atoms with van der Waals surface area (Å²) in [5.74, 6) is -1.19. The molecule has 0 spiro atoms. The Balaban J connectivity index is 1.74. The molecule has 3 aromatic rings. The van der Waals surface area contributed by atoms with E-state index in [-0.39, 0.29) is 23.5 Å². The highest BCUT2D eigenvalue weighted by atomic mass is 19.1. The van der Waals surface area contributed by atoms with Gasteiger partial charge in [0, 0.05) is 17.8 Å². The van der Waals surface area contributed by atoms with Crippen LogP contribution >= 0.6 is 0 Å². The molecule has 9 heteroatoms. The molecule has 30 heavy (non-hydrogen) atoms. The maximum atomic E-state index is 13.2. The molecule has 0 unspecified atom stereocenters. The molecule has 2 heterocycles. The van der Waals surface area contributed by atoms with Gasteiger partial charge in [0.2, 0.25) is 0 Å². The summed E-state index contributed by atoms with van der Waals surface area (Å²) in [5, 5.41) is 13.8. The summed E-state index contributed by atoms with van der Waals surface area (Å²) in [6.45, 7) is -0.0737. The molecule has 2 amide bonds. The number of hydrogen-bond donors (Lipinski definition) is 1. The maximum Gasteiger partial charge on any atom is 0.278 e. The van der Waals surface area contributed by atoms with Crippen molar-refractivity contribution in [3.8, 4) is 0 Å². The molecule has 2 aromatic carbocycles. The van der Waals surface area contributed by atoms with Crippen LogP contribution in [0.25, 0.3) is 5.57 Å². The molecule has 1 N–H and O–H groups in total. The number of carbonyl (C=O) groups is 2. The van der Waals surface area contributed by atoms with Crippen molar-refractivity contribution < 1.29 is 23.3 Å². The summed E-state index contributed by atoms with van der Waals surface area (Å²) in [5.41, 5.74) is 0.659. The van der Waals surface area contributed by atoms with E-state index in [1.54, 1.807) is 12.1 Å². The molecular formula is C21H14FN3O5. The predicted molar refractivity (Wildman–Crippen MR) is 104 cm³/mol. The van der Waals surface area contributed by atoms with Gasteiger partial charge in [-0.3, -0.25) is 24.6 Å². The van der Waals surface area contributed by atoms with E-state index in [9.17, 15) is 24.1 Å². The average molecular weight is 407 g/mol. The molecule has 0 radical (unpaired) electrons. The molecule has 1 aliphatic heterocycles. The van der Waals surface area contributed by atoms with E-state index in [1.165, 1.54) is 54.8 Å². The van der Waals surface area contributed by atoms with E-state index >= 15 is 0 Å². The number of hydrogen-bond acceptors (Lipinski definition) is 6. The fourth-order valence-electron chi connectivity index (χ4n) is 3.09. The van der Waals surface area contributed by atoms with E-state index in [0.29, 0.717) is 17.0 Å². The van der Waals surface area contributed by atoms with Gasteiger partial charge in [0.1, 0.15) is 17.3 Å². The van der Waals surface area contributed by atoms with Crippen LogP contribution in [-0.2, 0) is 16.1 Å². The Morgan fingerprint density at radius 3 is 2.30 bits per heavy atom. The topological polar surface area (TPSA) is 106 Å². The molecule has 0 saturated heterocycles. The molecule has 0 saturated carbocycles. The number of nitro benzene ring substituents is 1. The zero-order valence-corrected chi connectivity index (χ0v) is 15.4. The largest absolute Gasteiger partial charge is 0.467 e. The average Bonchev–Trinajstić information content (AvgIpc) is 3.33. The van der Waals surface area contributed by atoms with Crippen molar-refractivity contribution in [3.63, 3.8) is 0 Å². The van der Waals surface area contributed by atoms with Crippen molar-refractivity contribution in [2.45, 2.75) is 6.54 Å². The smallest absolute Gasteiger partial charge is 0.278 e. The van der Waals surface area contributed by atoms with Gasteiger partial charge < -0.3 is 9.73 Å². The van der Waals surface area contributed by atoms with Crippen LogP contribution in [-0.4, -0.2) is 21.6 Å². The van der Waals surface area contributed by atoms with Crippen LogP contribution in [0, 0.1) is 15.9 Å². The van der Waals surface area contributed by atoms with Crippen molar-refractivity contribution >= 4 is 28.8 Å². The predicted octanol–water partition coefficient (Wildman–Crippen LogP) is 3.72. The molecule has 4 rings (SSSR count). The Morgan fingerprint density at radius 2 is 1.70 bits per heavy atom. The van der Waals surface area contributed by atoms with Crippen molar-refractivity contribution in [1.29, 1.82) is 0 Å². The number of furan rings is 1. The first-order valence-corrected chi connectivity index (χ1v) is 8.84. The summed E-state index contributed by atoms with van der Waals surface area (Å²) >= 11 is 0. The van der Waals surface area contributed by atoms with Crippen molar-refractivity contribution in [2.24, 2.45) is 0 Å². The summed E-state index contributed by atoms with van der Waals surface area (Å²) in [7, 11) is 0. The highest BCUT2D eigenvalue weighted by Crippen LogP contribution is 2.32. The van der Waals surface area contributed by atoms with Gasteiger partial charge in [-0.05, 0) is 54.1 Å². The highest BCUT2D eigenvalue weighted by Gasteiger charge is 2.39. The van der Waals surface area contributed by atoms with Gasteiger partial charge >= 0.3 is 0 Å². The summed E-state index contributed by atoms with van der Waals surface area (Å²) < 4.78 is 18.5. The number of anilines is 1. The third-order valence-corrected chi connectivity index (χ3v) is 4.54. The Labute approximate surface area is 169 Å². The van der Waals surface area contributed by atoms with Gasteiger partial charge in [0.15, 0.2) is 0 Å². The molecule has 1 aromatic heterocycles. The van der Waals surface area contributed by atoms with E-state index in [1.807, 2.05) is 0 Å². The second-order valence-electron chi connectivity index (χ2n) is 6.46. The monoisotopic (exact) mass is 407 g/mol. The van der Waals surface area contributed by atoms with E-state index in [0.717, 1.165) is 4.90 Å². The second-order valence-corrected chi connectivity index (χ2v) is 6.46. The van der Waals surface area contributed by atoms with Crippen LogP contribution < -0.4 is 5.32 Å². The number of nitrogens with zero attached hydrogens (tertiary/aromatic N) is 2. The molecule has 8 nitrogen and oxygen atoms in total. The lowest BCUT2D eigenvalue weighted by Gasteiger charge is -2.13. The van der Waals surface area contributed by atoms with E-state index in [2.05, 4.69) is 5.32 Å². The van der Waals surface area contributed by atoms with Gasteiger partial charge in [0.05, 0.1) is 23.3 Å². The van der Waals surface area contributed by atoms with E-state index < -0.39 is 22.6 Å². The minimum Gasteiger partial charge on any atom is -0.467 e. The lowest BCUT2D eigenvalue weighted by Crippen LogP contribution is -2.31. The highest BCUT2D eigenvalue weighted by molar-refractivity contribution is 6.36. The van der Waals surface area contributed by atoms with Crippen LogP contribution in [0.3, 0.4) is 0 Å². The number of non-ortho nitro benzene ring substituents is 1. The van der Waals surface area contributed by atoms with Gasteiger partial charge in [-0.1, -0.05) is 0 Å². The number of carbonyl (C=O) groups excluding carboxylic acids is 2. The van der Waals surface area contributed by atoms with Gasteiger partial charge in [0.25, 0.3) is 17.5 Å². The van der Waals surface area contributed by atoms with Crippen LogP contribution in [0.15, 0.2) is 77.0 Å². The van der Waals surface area contributed by atoms with Crippen LogP contribution in [0.5, 0.6) is 0 Å². The number of benzene rings is 2. The number of nitrogens with one attached hydrogen (secondary N) is 1. The second kappa shape index (κ2) is 7.63. The standard InChI is InChI=1S/C21H14FN3O5/c22-14-5-7-15(8-6-14)23-19-18(13-3-9-16(10-4-13)25(28)29)20(26)24(21(19)27)12-17-2-1-11-30-17/h1-11,23H,12H2. The zero-order chi connectivity index (χ0) is 21.3. The lowest BCUT2D eigenvalue weighted by molar-refractivity contribution is -0.384. The minimum absolute atomic E-state index is 0.00739.